The number of rotatable bonds is 4. The van der Waals surface area contributed by atoms with E-state index in [1.807, 2.05) is 12.3 Å². The van der Waals surface area contributed by atoms with Gasteiger partial charge in [0.25, 0.3) is 5.91 Å². The van der Waals surface area contributed by atoms with Crippen LogP contribution in [0.5, 0.6) is 0 Å². The average Bonchev–Trinajstić information content (AvgIpc) is 2.93. The molecule has 0 aliphatic carbocycles. The number of fused-ring (bicyclic) bond motifs is 1. The summed E-state index contributed by atoms with van der Waals surface area (Å²) in [5, 5.41) is 2.05. The molecule has 1 aromatic heterocycles. The Morgan fingerprint density at radius 3 is 2.95 bits per heavy atom. The maximum atomic E-state index is 12.4. The fraction of sp³-hybridized carbons (Fsp3) is 0.571. The fourth-order valence-electron chi connectivity index (χ4n) is 2.61. The monoisotopic (exact) mass is 296 g/mol. The maximum absolute atomic E-state index is 12.4. The van der Waals surface area contributed by atoms with Gasteiger partial charge in [0.05, 0.1) is 12.6 Å². The number of amides is 1. The van der Waals surface area contributed by atoms with Crippen LogP contribution >= 0.6 is 11.3 Å². The summed E-state index contributed by atoms with van der Waals surface area (Å²) in [6, 6.07) is 0.853. The summed E-state index contributed by atoms with van der Waals surface area (Å²) in [4.78, 5) is 27.1. The summed E-state index contributed by atoms with van der Waals surface area (Å²) in [7, 11) is 0. The minimum Gasteiger partial charge on any atom is -0.464 e. The molecule has 0 spiro atoms. The van der Waals surface area contributed by atoms with E-state index in [1.165, 1.54) is 10.4 Å². The van der Waals surface area contributed by atoms with Gasteiger partial charge in [0.15, 0.2) is 6.04 Å². The molecule has 2 heterocycles. The molecule has 20 heavy (non-hydrogen) atoms. The molecule has 2 rings (SSSR count). The molecular formula is C14H20N2O3S. The van der Waals surface area contributed by atoms with Crippen molar-refractivity contribution in [2.45, 2.75) is 38.8 Å². The number of carbonyl (C=O) groups is 2. The molecule has 0 saturated heterocycles. The van der Waals surface area contributed by atoms with E-state index < -0.39 is 12.0 Å². The van der Waals surface area contributed by atoms with E-state index in [-0.39, 0.29) is 18.6 Å². The molecule has 1 amide bonds. The van der Waals surface area contributed by atoms with Crippen molar-refractivity contribution < 1.29 is 14.3 Å². The first kappa shape index (κ1) is 15.0. The standard InChI is InChI=1S/C14H20N2O3S/c1-3-10-9-6-8-20-11(9)5-7-16(10)13(17)12(15)14(18)19-4-2/h6,8,10,12H,3-5,7,15H2,1-2H3. The van der Waals surface area contributed by atoms with Gasteiger partial charge in [0.1, 0.15) is 0 Å². The van der Waals surface area contributed by atoms with Gasteiger partial charge in [-0.1, -0.05) is 6.92 Å². The first-order chi connectivity index (χ1) is 9.60. The van der Waals surface area contributed by atoms with Crippen molar-refractivity contribution >= 4 is 23.2 Å². The van der Waals surface area contributed by atoms with E-state index in [0.29, 0.717) is 6.54 Å². The molecule has 2 atom stereocenters. The van der Waals surface area contributed by atoms with Crippen LogP contribution in [0.4, 0.5) is 0 Å². The Morgan fingerprint density at radius 2 is 2.30 bits per heavy atom. The molecule has 5 nitrogen and oxygen atoms in total. The fourth-order valence-corrected chi connectivity index (χ4v) is 3.54. The predicted octanol–water partition coefficient (Wildman–Crippen LogP) is 1.47. The topological polar surface area (TPSA) is 72.6 Å². The van der Waals surface area contributed by atoms with Gasteiger partial charge in [-0.05, 0) is 36.8 Å². The number of carbonyl (C=O) groups excluding carboxylic acids is 2. The lowest BCUT2D eigenvalue weighted by atomic mass is 9.97. The molecule has 0 radical (unpaired) electrons. The zero-order valence-corrected chi connectivity index (χ0v) is 12.6. The van der Waals surface area contributed by atoms with Crippen molar-refractivity contribution in [3.05, 3.63) is 21.9 Å². The second-order valence-corrected chi connectivity index (χ2v) is 5.74. The number of ether oxygens (including phenoxy) is 1. The van der Waals surface area contributed by atoms with Gasteiger partial charge in [-0.3, -0.25) is 4.79 Å². The first-order valence-corrected chi connectivity index (χ1v) is 7.77. The smallest absolute Gasteiger partial charge is 0.332 e. The highest BCUT2D eigenvalue weighted by Gasteiger charge is 2.35. The van der Waals surface area contributed by atoms with Crippen LogP contribution < -0.4 is 5.73 Å². The van der Waals surface area contributed by atoms with Crippen LogP contribution in [0, 0.1) is 0 Å². The van der Waals surface area contributed by atoms with E-state index in [1.54, 1.807) is 23.2 Å². The van der Waals surface area contributed by atoms with Crippen LogP contribution in [-0.4, -0.2) is 36.0 Å². The number of nitrogens with zero attached hydrogens (tertiary/aromatic N) is 1. The molecule has 1 aliphatic heterocycles. The third-order valence-electron chi connectivity index (χ3n) is 3.57. The molecule has 6 heteroatoms. The quantitative estimate of drug-likeness (QED) is 0.674. The highest BCUT2D eigenvalue weighted by atomic mass is 32.1. The zero-order chi connectivity index (χ0) is 14.7. The zero-order valence-electron chi connectivity index (χ0n) is 11.8. The van der Waals surface area contributed by atoms with Crippen molar-refractivity contribution in [3.8, 4) is 0 Å². The van der Waals surface area contributed by atoms with Gasteiger partial charge in [0.2, 0.25) is 0 Å². The molecule has 1 aliphatic rings. The summed E-state index contributed by atoms with van der Waals surface area (Å²) < 4.78 is 4.83. The summed E-state index contributed by atoms with van der Waals surface area (Å²) in [5.41, 5.74) is 6.91. The average molecular weight is 296 g/mol. The SMILES string of the molecule is CCOC(=O)C(N)C(=O)N1CCc2sccc2C1CC. The minimum absolute atomic E-state index is 0.0120. The Morgan fingerprint density at radius 1 is 1.55 bits per heavy atom. The van der Waals surface area contributed by atoms with Crippen LogP contribution in [0.1, 0.15) is 36.8 Å². The molecule has 110 valence electrons. The Balaban J connectivity index is 2.16. The third kappa shape index (κ3) is 2.71. The summed E-state index contributed by atoms with van der Waals surface area (Å²) >= 11 is 1.72. The van der Waals surface area contributed by atoms with Gasteiger partial charge >= 0.3 is 5.97 Å². The van der Waals surface area contributed by atoms with Crippen molar-refractivity contribution in [1.82, 2.24) is 4.90 Å². The Labute approximate surface area is 122 Å². The highest BCUT2D eigenvalue weighted by Crippen LogP contribution is 2.35. The van der Waals surface area contributed by atoms with Crippen LogP contribution in [0.15, 0.2) is 11.4 Å². The molecule has 2 unspecified atom stereocenters. The lowest BCUT2D eigenvalue weighted by Crippen LogP contribution is -2.51. The number of esters is 1. The van der Waals surface area contributed by atoms with Crippen molar-refractivity contribution in [2.24, 2.45) is 5.73 Å². The molecule has 2 N–H and O–H groups in total. The largest absolute Gasteiger partial charge is 0.464 e. The Bertz CT molecular complexity index is 500. The van der Waals surface area contributed by atoms with Crippen LogP contribution in [0.2, 0.25) is 0 Å². The van der Waals surface area contributed by atoms with Crippen molar-refractivity contribution in [1.29, 1.82) is 0 Å². The number of hydrogen-bond acceptors (Lipinski definition) is 5. The summed E-state index contributed by atoms with van der Waals surface area (Å²) in [5.74, 6) is -0.990. The number of hydrogen-bond donors (Lipinski definition) is 1. The Kier molecular flexibility index (Phi) is 4.77. The van der Waals surface area contributed by atoms with Gasteiger partial charge in [0, 0.05) is 11.4 Å². The van der Waals surface area contributed by atoms with E-state index in [9.17, 15) is 9.59 Å². The molecular weight excluding hydrogens is 276 g/mol. The van der Waals surface area contributed by atoms with Crippen LogP contribution in [-0.2, 0) is 20.7 Å². The molecule has 0 aromatic carbocycles. The highest BCUT2D eigenvalue weighted by molar-refractivity contribution is 7.10. The van der Waals surface area contributed by atoms with Gasteiger partial charge in [-0.2, -0.15) is 0 Å². The minimum atomic E-state index is -1.22. The summed E-state index contributed by atoms with van der Waals surface area (Å²) in [6.45, 7) is 4.57. The normalized spacial score (nSPS) is 19.4. The Hall–Kier alpha value is -1.40. The molecule has 0 fully saturated rings. The summed E-state index contributed by atoms with van der Waals surface area (Å²) in [6.07, 6.45) is 1.63. The lowest BCUT2D eigenvalue weighted by Gasteiger charge is -2.36. The van der Waals surface area contributed by atoms with Gasteiger partial charge in [-0.25, -0.2) is 4.79 Å². The number of thiophene rings is 1. The lowest BCUT2D eigenvalue weighted by molar-refractivity contribution is -0.152. The van der Waals surface area contributed by atoms with E-state index in [2.05, 4.69) is 6.07 Å². The van der Waals surface area contributed by atoms with E-state index in [0.717, 1.165) is 12.8 Å². The molecule has 1 aromatic rings. The van der Waals surface area contributed by atoms with Crippen LogP contribution in [0.25, 0.3) is 0 Å². The molecule has 0 saturated carbocycles. The molecule has 0 bridgehead atoms. The van der Waals surface area contributed by atoms with E-state index >= 15 is 0 Å². The van der Waals surface area contributed by atoms with Gasteiger partial charge < -0.3 is 15.4 Å². The second kappa shape index (κ2) is 6.37. The maximum Gasteiger partial charge on any atom is 0.332 e. The predicted molar refractivity (Wildman–Crippen MR) is 77.4 cm³/mol. The van der Waals surface area contributed by atoms with Crippen LogP contribution in [0.3, 0.4) is 0 Å². The second-order valence-electron chi connectivity index (χ2n) is 4.73. The van der Waals surface area contributed by atoms with Gasteiger partial charge in [-0.15, -0.1) is 11.3 Å². The third-order valence-corrected chi connectivity index (χ3v) is 4.57. The van der Waals surface area contributed by atoms with E-state index in [4.69, 9.17) is 10.5 Å². The van der Waals surface area contributed by atoms with Crippen molar-refractivity contribution in [2.75, 3.05) is 13.2 Å². The first-order valence-electron chi connectivity index (χ1n) is 6.89. The van der Waals surface area contributed by atoms with Crippen molar-refractivity contribution in [3.63, 3.8) is 0 Å². The number of nitrogens with two attached hydrogens (primary N) is 1.